The molecule has 0 radical (unpaired) electrons. The zero-order chi connectivity index (χ0) is 8.27. The second-order valence-corrected chi connectivity index (χ2v) is 3.97. The van der Waals surface area contributed by atoms with Crippen molar-refractivity contribution < 1.29 is 4.55 Å². The highest BCUT2D eigenvalue weighted by atomic mass is 32.2. The van der Waals surface area contributed by atoms with Crippen LogP contribution >= 0.6 is 0 Å². The Balaban J connectivity index is 2.95. The number of nitrogens with one attached hydrogen (secondary N) is 1. The van der Waals surface area contributed by atoms with Crippen LogP contribution in [-0.4, -0.2) is 10.1 Å². The van der Waals surface area contributed by atoms with Crippen LogP contribution in [0.15, 0.2) is 29.2 Å². The minimum atomic E-state index is -1.94. The molecule has 0 spiro atoms. The van der Waals surface area contributed by atoms with Gasteiger partial charge in [-0.3, -0.25) is 5.41 Å². The molecule has 2 nitrogen and oxygen atoms in total. The Morgan fingerprint density at radius 3 is 2.82 bits per heavy atom. The molecule has 1 rings (SSSR count). The molecule has 3 heteroatoms. The van der Waals surface area contributed by atoms with Crippen molar-refractivity contribution in [3.05, 3.63) is 29.8 Å². The van der Waals surface area contributed by atoms with Gasteiger partial charge in [0.1, 0.15) is 5.55 Å². The van der Waals surface area contributed by atoms with Crippen molar-refractivity contribution in [3.8, 4) is 0 Å². The standard InChI is InChI=1S/C8H11NOS/c1-7-3-2-4-8(5-7)11(10)6-9/h2-6,9H,11H2,1H3. The molecule has 0 aliphatic carbocycles. The molecule has 0 aromatic heterocycles. The lowest BCUT2D eigenvalue weighted by Crippen LogP contribution is -2.00. The topological polar surface area (TPSA) is 46.9 Å². The zero-order valence-electron chi connectivity index (χ0n) is 6.29. The van der Waals surface area contributed by atoms with Crippen LogP contribution in [0.25, 0.3) is 0 Å². The van der Waals surface area contributed by atoms with Gasteiger partial charge in [0.2, 0.25) is 0 Å². The third-order valence-electron chi connectivity index (χ3n) is 1.43. The van der Waals surface area contributed by atoms with Gasteiger partial charge < -0.3 is 4.55 Å². The van der Waals surface area contributed by atoms with Gasteiger partial charge in [0.25, 0.3) is 0 Å². The summed E-state index contributed by atoms with van der Waals surface area (Å²) in [5, 5.41) is 6.82. The normalized spacial score (nSPS) is 10.9. The summed E-state index contributed by atoms with van der Waals surface area (Å²) in [6, 6.07) is 7.45. The molecule has 11 heavy (non-hydrogen) atoms. The average Bonchev–Trinajstić information content (AvgIpc) is 2.03. The first-order chi connectivity index (χ1) is 5.24. The summed E-state index contributed by atoms with van der Waals surface area (Å²) >= 11 is -1.94. The van der Waals surface area contributed by atoms with Gasteiger partial charge in [0.15, 0.2) is 0 Å². The van der Waals surface area contributed by atoms with Crippen LogP contribution in [0.5, 0.6) is 0 Å². The molecular weight excluding hydrogens is 158 g/mol. The van der Waals surface area contributed by atoms with Crippen molar-refractivity contribution in [1.29, 1.82) is 5.41 Å². The molecule has 1 aromatic carbocycles. The van der Waals surface area contributed by atoms with Crippen LogP contribution in [0.3, 0.4) is 0 Å². The van der Waals surface area contributed by atoms with Gasteiger partial charge >= 0.3 is 0 Å². The summed E-state index contributed by atoms with van der Waals surface area (Å²) in [7, 11) is 0. The van der Waals surface area contributed by atoms with E-state index in [-0.39, 0.29) is 0 Å². The third-order valence-corrected chi connectivity index (χ3v) is 2.58. The largest absolute Gasteiger partial charge is 0.679 e. The fourth-order valence-corrected chi connectivity index (χ4v) is 1.68. The highest BCUT2D eigenvalue weighted by Crippen LogP contribution is 2.10. The smallest absolute Gasteiger partial charge is 0.125 e. The SMILES string of the molecule is Cc1cccc([SH2+]([O-])C=N)c1. The Bertz CT molecular complexity index is 262. The van der Waals surface area contributed by atoms with E-state index in [2.05, 4.69) is 0 Å². The Morgan fingerprint density at radius 1 is 1.55 bits per heavy atom. The van der Waals surface area contributed by atoms with Gasteiger partial charge in [-0.25, -0.2) is 11.2 Å². The summed E-state index contributed by atoms with van der Waals surface area (Å²) in [6.07, 6.45) is 0. The van der Waals surface area contributed by atoms with Gasteiger partial charge in [0.05, 0.1) is 4.90 Å². The number of benzene rings is 1. The first kappa shape index (κ1) is 8.30. The van der Waals surface area contributed by atoms with Crippen LogP contribution in [0.1, 0.15) is 5.56 Å². The molecule has 0 unspecified atom stereocenters. The van der Waals surface area contributed by atoms with Crippen molar-refractivity contribution in [1.82, 2.24) is 0 Å². The summed E-state index contributed by atoms with van der Waals surface area (Å²) in [5.74, 6) is 0. The maximum absolute atomic E-state index is 11.1. The van der Waals surface area contributed by atoms with Crippen molar-refractivity contribution in [2.45, 2.75) is 11.8 Å². The lowest BCUT2D eigenvalue weighted by molar-refractivity contribution is 0.607. The van der Waals surface area contributed by atoms with E-state index in [0.29, 0.717) is 0 Å². The molecule has 0 heterocycles. The van der Waals surface area contributed by atoms with E-state index in [1.165, 1.54) is 0 Å². The van der Waals surface area contributed by atoms with Gasteiger partial charge in [-0.2, -0.15) is 0 Å². The van der Waals surface area contributed by atoms with Crippen LogP contribution < -0.4 is 0 Å². The molecule has 1 N–H and O–H groups in total. The van der Waals surface area contributed by atoms with Gasteiger partial charge in [0, 0.05) is 0 Å². The molecule has 0 saturated heterocycles. The van der Waals surface area contributed by atoms with E-state index in [0.717, 1.165) is 16.0 Å². The van der Waals surface area contributed by atoms with E-state index >= 15 is 0 Å². The third kappa shape index (κ3) is 2.06. The Morgan fingerprint density at radius 2 is 2.27 bits per heavy atom. The summed E-state index contributed by atoms with van der Waals surface area (Å²) < 4.78 is 11.1. The van der Waals surface area contributed by atoms with Gasteiger partial charge in [-0.05, 0) is 24.6 Å². The maximum Gasteiger partial charge on any atom is 0.125 e. The fraction of sp³-hybridized carbons (Fsp3) is 0.125. The molecule has 0 aliphatic rings. The highest BCUT2D eigenvalue weighted by molar-refractivity contribution is 8.04. The van der Waals surface area contributed by atoms with Crippen LogP contribution in [-0.2, 0) is 11.2 Å². The predicted molar refractivity (Wildman–Crippen MR) is 49.2 cm³/mol. The zero-order valence-corrected chi connectivity index (χ0v) is 7.29. The molecule has 0 fully saturated rings. The Kier molecular flexibility index (Phi) is 2.68. The second kappa shape index (κ2) is 3.55. The quantitative estimate of drug-likeness (QED) is 0.403. The molecule has 0 bridgehead atoms. The summed E-state index contributed by atoms with van der Waals surface area (Å²) in [6.45, 7) is 1.95. The minimum absolute atomic E-state index is 0.769. The maximum atomic E-state index is 11.1. The molecule has 0 amide bonds. The molecule has 60 valence electrons. The summed E-state index contributed by atoms with van der Waals surface area (Å²) in [4.78, 5) is 0.769. The van der Waals surface area contributed by atoms with Crippen molar-refractivity contribution in [2.24, 2.45) is 0 Å². The fourth-order valence-electron chi connectivity index (χ4n) is 0.882. The Labute approximate surface area is 68.9 Å². The van der Waals surface area contributed by atoms with E-state index in [9.17, 15) is 4.55 Å². The molecule has 1 aromatic rings. The number of hydrogen-bond acceptors (Lipinski definition) is 2. The average molecular weight is 169 g/mol. The summed E-state index contributed by atoms with van der Waals surface area (Å²) in [5.41, 5.74) is 2.10. The number of aryl methyl sites for hydroxylation is 1. The van der Waals surface area contributed by atoms with E-state index in [4.69, 9.17) is 5.41 Å². The van der Waals surface area contributed by atoms with Gasteiger partial charge in [-0.15, -0.1) is 0 Å². The van der Waals surface area contributed by atoms with Crippen LogP contribution in [0, 0.1) is 12.3 Å². The lowest BCUT2D eigenvalue weighted by Gasteiger charge is -2.15. The molecule has 0 aliphatic heterocycles. The molecular formula is C8H11NOS. The monoisotopic (exact) mass is 169 g/mol. The van der Waals surface area contributed by atoms with Crippen LogP contribution in [0.2, 0.25) is 0 Å². The number of rotatable bonds is 2. The van der Waals surface area contributed by atoms with E-state index in [1.807, 2.05) is 25.1 Å². The first-order valence-electron chi connectivity index (χ1n) is 3.35. The van der Waals surface area contributed by atoms with Crippen molar-refractivity contribution in [2.75, 3.05) is 0 Å². The number of hydrogen-bond donors (Lipinski definition) is 1. The van der Waals surface area contributed by atoms with Crippen LogP contribution in [0.4, 0.5) is 0 Å². The van der Waals surface area contributed by atoms with E-state index < -0.39 is 11.2 Å². The van der Waals surface area contributed by atoms with Crippen molar-refractivity contribution >= 4 is 16.7 Å². The Hall–Kier alpha value is -0.800. The molecule has 0 atom stereocenters. The predicted octanol–water partition coefficient (Wildman–Crippen LogP) is 1.17. The lowest BCUT2D eigenvalue weighted by atomic mass is 10.2. The van der Waals surface area contributed by atoms with Gasteiger partial charge in [-0.1, -0.05) is 12.1 Å². The second-order valence-electron chi connectivity index (χ2n) is 2.38. The van der Waals surface area contributed by atoms with E-state index in [1.54, 1.807) is 6.07 Å². The first-order valence-corrected chi connectivity index (χ1v) is 4.84. The van der Waals surface area contributed by atoms with Crippen molar-refractivity contribution in [3.63, 3.8) is 0 Å². The minimum Gasteiger partial charge on any atom is -0.679 e. The highest BCUT2D eigenvalue weighted by Gasteiger charge is 1.95. The molecule has 0 saturated carbocycles.